The van der Waals surface area contributed by atoms with Crippen LogP contribution in [0.3, 0.4) is 0 Å². The zero-order valence-electron chi connectivity index (χ0n) is 6.54. The molecule has 0 aliphatic heterocycles. The number of hydrogen-bond donors (Lipinski definition) is 0. The normalized spacial score (nSPS) is 18.6. The number of esters is 1. The third-order valence-electron chi connectivity index (χ3n) is 1.58. The van der Waals surface area contributed by atoms with Crippen molar-refractivity contribution in [3.05, 3.63) is 31.6 Å². The molecular weight excluding hydrogens is 140 g/mol. The molecule has 2 nitrogen and oxygen atoms in total. The van der Waals surface area contributed by atoms with Gasteiger partial charge in [0.05, 0.1) is 7.11 Å². The fourth-order valence-electron chi connectivity index (χ4n) is 0.929. The molecule has 2 heteroatoms. The lowest BCUT2D eigenvalue weighted by Gasteiger charge is -2.04. The second kappa shape index (κ2) is 4.37. The Kier molecular flexibility index (Phi) is 3.40. The summed E-state index contributed by atoms with van der Waals surface area (Å²) in [5, 5.41) is 0. The van der Waals surface area contributed by atoms with Crippen molar-refractivity contribution in [3.8, 4) is 0 Å². The molecule has 0 aromatic carbocycles. The fraction of sp³-hybridized carbons (Fsp3) is 0.333. The van der Waals surface area contributed by atoms with Gasteiger partial charge in [-0.1, -0.05) is 0 Å². The van der Waals surface area contributed by atoms with Crippen molar-refractivity contribution in [1.29, 1.82) is 0 Å². The van der Waals surface area contributed by atoms with E-state index in [2.05, 4.69) is 4.74 Å². The third kappa shape index (κ3) is 2.91. The van der Waals surface area contributed by atoms with Gasteiger partial charge in [0, 0.05) is 6.42 Å². The summed E-state index contributed by atoms with van der Waals surface area (Å²) in [7, 11) is 1.41. The van der Waals surface area contributed by atoms with Crippen LogP contribution in [0.5, 0.6) is 0 Å². The van der Waals surface area contributed by atoms with Crippen molar-refractivity contribution < 1.29 is 9.53 Å². The van der Waals surface area contributed by atoms with Gasteiger partial charge >= 0.3 is 5.97 Å². The van der Waals surface area contributed by atoms with Gasteiger partial charge in [-0.2, -0.15) is 0 Å². The van der Waals surface area contributed by atoms with Gasteiger partial charge in [-0.25, -0.2) is 0 Å². The molecular formula is C9H11O2. The highest BCUT2D eigenvalue weighted by molar-refractivity contribution is 5.69. The van der Waals surface area contributed by atoms with Crippen molar-refractivity contribution in [1.82, 2.24) is 0 Å². The average molecular weight is 151 g/mol. The van der Waals surface area contributed by atoms with Crippen LogP contribution in [-0.4, -0.2) is 13.1 Å². The topological polar surface area (TPSA) is 26.3 Å². The monoisotopic (exact) mass is 151 g/mol. The fourth-order valence-corrected chi connectivity index (χ4v) is 0.929. The summed E-state index contributed by atoms with van der Waals surface area (Å²) in [4.78, 5) is 10.7. The van der Waals surface area contributed by atoms with E-state index in [1.165, 1.54) is 13.0 Å². The molecule has 0 bridgehead atoms. The average Bonchev–Trinajstić information content (AvgIpc) is 2.52. The van der Waals surface area contributed by atoms with Crippen LogP contribution < -0.4 is 0 Å². The van der Waals surface area contributed by atoms with Gasteiger partial charge < -0.3 is 4.74 Å². The molecule has 0 saturated heterocycles. The van der Waals surface area contributed by atoms with Gasteiger partial charge in [-0.3, -0.25) is 4.79 Å². The number of carbonyl (C=O) groups excluding carboxylic acids is 1. The van der Waals surface area contributed by atoms with Crippen LogP contribution in [0.25, 0.3) is 0 Å². The summed E-state index contributed by atoms with van der Waals surface area (Å²) < 4.78 is 4.51. The Labute approximate surface area is 67.9 Å². The Bertz CT molecular complexity index is 126. The lowest BCUT2D eigenvalue weighted by atomic mass is 10.0. The van der Waals surface area contributed by atoms with E-state index < -0.39 is 0 Å². The van der Waals surface area contributed by atoms with Crippen LogP contribution >= 0.6 is 0 Å². The van der Waals surface area contributed by atoms with E-state index >= 15 is 0 Å². The van der Waals surface area contributed by atoms with E-state index in [9.17, 15) is 4.79 Å². The number of methoxy groups -OCH3 is 1. The summed E-state index contributed by atoms with van der Waals surface area (Å²) in [6.07, 6.45) is 9.19. The Hall–Kier alpha value is -0.530. The lowest BCUT2D eigenvalue weighted by Crippen LogP contribution is -2.02. The van der Waals surface area contributed by atoms with Gasteiger partial charge in [0.15, 0.2) is 0 Å². The van der Waals surface area contributed by atoms with Crippen LogP contribution in [0.1, 0.15) is 12.8 Å². The number of carbonyl (C=O) groups is 1. The first-order valence-corrected chi connectivity index (χ1v) is 3.60. The van der Waals surface area contributed by atoms with Crippen LogP contribution in [0.2, 0.25) is 0 Å². The van der Waals surface area contributed by atoms with Crippen molar-refractivity contribution in [3.63, 3.8) is 0 Å². The van der Waals surface area contributed by atoms with Crippen LogP contribution in [-0.2, 0) is 9.53 Å². The molecule has 1 aliphatic rings. The Morgan fingerprint density at radius 1 is 1.45 bits per heavy atom. The molecule has 0 heterocycles. The van der Waals surface area contributed by atoms with E-state index in [0.717, 1.165) is 6.42 Å². The van der Waals surface area contributed by atoms with Gasteiger partial charge in [0.2, 0.25) is 0 Å². The first kappa shape index (κ1) is 8.57. The Morgan fingerprint density at radius 2 is 2.09 bits per heavy atom. The molecule has 0 aromatic rings. The number of rotatable bonds is 3. The van der Waals surface area contributed by atoms with Crippen LogP contribution in [0.4, 0.5) is 0 Å². The zero-order valence-corrected chi connectivity index (χ0v) is 6.54. The quantitative estimate of drug-likeness (QED) is 0.569. The standard InChI is InChI=1S/C9H11O2/c1-11-9(10)7-6-8-4-2-3-5-8/h2-5H,6-7H2,1H3. The molecule has 0 amide bonds. The van der Waals surface area contributed by atoms with Crippen molar-refractivity contribution in [2.45, 2.75) is 12.8 Å². The maximum Gasteiger partial charge on any atom is 0.305 e. The first-order chi connectivity index (χ1) is 5.33. The summed E-state index contributed by atoms with van der Waals surface area (Å²) in [6.45, 7) is 0. The molecule has 0 aromatic heterocycles. The highest BCUT2D eigenvalue weighted by atomic mass is 16.5. The Balaban J connectivity index is 2.06. The maximum absolute atomic E-state index is 10.7. The zero-order chi connectivity index (χ0) is 8.10. The molecule has 0 spiro atoms. The largest absolute Gasteiger partial charge is 0.469 e. The number of ether oxygens (including phenoxy) is 1. The Morgan fingerprint density at radius 3 is 2.64 bits per heavy atom. The molecule has 1 fully saturated rings. The molecule has 59 valence electrons. The number of hydrogen-bond acceptors (Lipinski definition) is 2. The molecule has 1 rings (SSSR count). The van der Waals surface area contributed by atoms with E-state index in [1.54, 1.807) is 0 Å². The molecule has 1 aliphatic carbocycles. The smallest absolute Gasteiger partial charge is 0.305 e. The van der Waals surface area contributed by atoms with E-state index in [0.29, 0.717) is 6.42 Å². The SMILES string of the molecule is COC(=O)CC[C]1[CH][CH][CH][CH]1. The molecule has 1 saturated carbocycles. The summed E-state index contributed by atoms with van der Waals surface area (Å²) in [6, 6.07) is 0. The van der Waals surface area contributed by atoms with Crippen LogP contribution in [0, 0.1) is 31.6 Å². The predicted molar refractivity (Wildman–Crippen MR) is 41.7 cm³/mol. The minimum absolute atomic E-state index is 0.147. The van der Waals surface area contributed by atoms with E-state index in [-0.39, 0.29) is 5.97 Å². The second-order valence-electron chi connectivity index (χ2n) is 2.37. The lowest BCUT2D eigenvalue weighted by molar-refractivity contribution is -0.140. The minimum atomic E-state index is -0.147. The van der Waals surface area contributed by atoms with Crippen LogP contribution in [0.15, 0.2) is 0 Å². The van der Waals surface area contributed by atoms with E-state index in [4.69, 9.17) is 0 Å². The second-order valence-corrected chi connectivity index (χ2v) is 2.37. The molecule has 11 heavy (non-hydrogen) atoms. The van der Waals surface area contributed by atoms with Gasteiger partial charge in [0.1, 0.15) is 0 Å². The molecule has 0 N–H and O–H groups in total. The first-order valence-electron chi connectivity index (χ1n) is 3.60. The summed E-state index contributed by atoms with van der Waals surface area (Å²) >= 11 is 0. The maximum atomic E-state index is 10.7. The van der Waals surface area contributed by atoms with E-state index in [1.807, 2.05) is 25.7 Å². The molecule has 5 radical (unpaired) electrons. The summed E-state index contributed by atoms with van der Waals surface area (Å²) in [5.74, 6) is 1.04. The van der Waals surface area contributed by atoms with Crippen molar-refractivity contribution >= 4 is 5.97 Å². The summed E-state index contributed by atoms with van der Waals surface area (Å²) in [5.41, 5.74) is 0. The molecule has 0 unspecified atom stereocenters. The third-order valence-corrected chi connectivity index (χ3v) is 1.58. The van der Waals surface area contributed by atoms with Gasteiger partial charge in [0.25, 0.3) is 0 Å². The minimum Gasteiger partial charge on any atom is -0.469 e. The van der Waals surface area contributed by atoms with Gasteiger partial charge in [-0.15, -0.1) is 0 Å². The highest BCUT2D eigenvalue weighted by Crippen LogP contribution is 2.27. The van der Waals surface area contributed by atoms with Gasteiger partial charge in [-0.05, 0) is 38.0 Å². The molecule has 0 atom stereocenters. The highest BCUT2D eigenvalue weighted by Gasteiger charge is 2.17. The predicted octanol–water partition coefficient (Wildman–Crippen LogP) is 1.34. The van der Waals surface area contributed by atoms with Crippen molar-refractivity contribution in [2.75, 3.05) is 7.11 Å². The van der Waals surface area contributed by atoms with Crippen molar-refractivity contribution in [2.24, 2.45) is 0 Å².